The average molecular weight is 133 g/mol. The molecule has 0 fully saturated rings. The normalized spacial score (nSPS) is 16.8. The molecule has 0 aliphatic rings. The van der Waals surface area contributed by atoms with Crippen LogP contribution in [0.3, 0.4) is 0 Å². The Labute approximate surface area is 54.0 Å². The smallest absolute Gasteiger partial charge is 0.141 e. The van der Waals surface area contributed by atoms with Crippen LogP contribution in [0.25, 0.3) is 0 Å². The summed E-state index contributed by atoms with van der Waals surface area (Å²) in [5.41, 5.74) is -1.61. The predicted octanol–water partition coefficient (Wildman–Crippen LogP) is 0.764. The maximum absolute atomic E-state index is 12.7. The van der Waals surface area contributed by atoms with Gasteiger partial charge in [0.2, 0.25) is 0 Å². The fraction of sp³-hybridized carbons (Fsp3) is 0.667. The first-order chi connectivity index (χ1) is 4.12. The SMILES string of the molecule is COCC(C)(F)[CH]C=O. The molecule has 0 aliphatic heterocycles. The lowest BCUT2D eigenvalue weighted by atomic mass is 10.1. The third-order valence-electron chi connectivity index (χ3n) is 0.842. The molecule has 0 aromatic carbocycles. The van der Waals surface area contributed by atoms with Crippen LogP contribution in [0.1, 0.15) is 6.92 Å². The van der Waals surface area contributed by atoms with Crippen molar-refractivity contribution < 1.29 is 13.9 Å². The number of halogens is 1. The fourth-order valence-electron chi connectivity index (χ4n) is 0.472. The molecule has 0 spiro atoms. The van der Waals surface area contributed by atoms with E-state index in [1.54, 1.807) is 0 Å². The Kier molecular flexibility index (Phi) is 3.39. The summed E-state index contributed by atoms with van der Waals surface area (Å²) < 4.78 is 17.2. The third-order valence-corrected chi connectivity index (χ3v) is 0.842. The number of alkyl halides is 1. The topological polar surface area (TPSA) is 26.3 Å². The Bertz CT molecular complexity index is 91.1. The van der Waals surface area contributed by atoms with E-state index in [0.29, 0.717) is 6.29 Å². The minimum atomic E-state index is -1.61. The molecule has 53 valence electrons. The Balaban J connectivity index is 3.55. The van der Waals surface area contributed by atoms with E-state index in [2.05, 4.69) is 4.74 Å². The number of hydrogen-bond acceptors (Lipinski definition) is 2. The highest BCUT2D eigenvalue weighted by Gasteiger charge is 2.22. The number of carbonyl (C=O) groups excluding carboxylic acids is 1. The van der Waals surface area contributed by atoms with Gasteiger partial charge in [-0.15, -0.1) is 0 Å². The van der Waals surface area contributed by atoms with Gasteiger partial charge in [0, 0.05) is 7.11 Å². The summed E-state index contributed by atoms with van der Waals surface area (Å²) >= 11 is 0. The number of aldehydes is 1. The van der Waals surface area contributed by atoms with Gasteiger partial charge in [0.25, 0.3) is 0 Å². The second-order valence-corrected chi connectivity index (χ2v) is 2.01. The standard InChI is InChI=1S/C6H10FO2/c1-6(7,3-4-8)5-9-2/h3-4H,5H2,1-2H3. The van der Waals surface area contributed by atoms with Gasteiger partial charge in [-0.1, -0.05) is 0 Å². The van der Waals surface area contributed by atoms with Crippen molar-refractivity contribution in [1.29, 1.82) is 0 Å². The summed E-state index contributed by atoms with van der Waals surface area (Å²) in [7, 11) is 1.39. The zero-order valence-corrected chi connectivity index (χ0v) is 5.56. The first-order valence-electron chi connectivity index (χ1n) is 2.60. The molecule has 0 saturated carbocycles. The van der Waals surface area contributed by atoms with E-state index in [9.17, 15) is 9.18 Å². The van der Waals surface area contributed by atoms with Crippen LogP contribution in [0.4, 0.5) is 4.39 Å². The molecule has 0 N–H and O–H groups in total. The molecule has 2 nitrogen and oxygen atoms in total. The first kappa shape index (κ1) is 8.56. The summed E-state index contributed by atoms with van der Waals surface area (Å²) in [5.74, 6) is 0. The third kappa shape index (κ3) is 4.09. The van der Waals surface area contributed by atoms with E-state index < -0.39 is 5.67 Å². The summed E-state index contributed by atoms with van der Waals surface area (Å²) in [5, 5.41) is 0. The zero-order chi connectivity index (χ0) is 7.33. The molecule has 0 aromatic rings. The number of methoxy groups -OCH3 is 1. The lowest BCUT2D eigenvalue weighted by Crippen LogP contribution is -2.25. The summed E-state index contributed by atoms with van der Waals surface area (Å²) in [6.07, 6.45) is 1.36. The van der Waals surface area contributed by atoms with Crippen molar-refractivity contribution in [3.63, 3.8) is 0 Å². The van der Waals surface area contributed by atoms with E-state index in [-0.39, 0.29) is 6.61 Å². The molecule has 0 rings (SSSR count). The zero-order valence-electron chi connectivity index (χ0n) is 5.56. The van der Waals surface area contributed by atoms with Gasteiger partial charge in [0.05, 0.1) is 13.0 Å². The lowest BCUT2D eigenvalue weighted by Gasteiger charge is -2.14. The van der Waals surface area contributed by atoms with Crippen molar-refractivity contribution in [3.8, 4) is 0 Å². The van der Waals surface area contributed by atoms with Crippen molar-refractivity contribution in [2.24, 2.45) is 0 Å². The Hall–Kier alpha value is -0.440. The Morgan fingerprint density at radius 1 is 1.78 bits per heavy atom. The minimum Gasteiger partial charge on any atom is -0.381 e. The first-order valence-corrected chi connectivity index (χ1v) is 2.60. The second-order valence-electron chi connectivity index (χ2n) is 2.01. The van der Waals surface area contributed by atoms with E-state index in [0.717, 1.165) is 6.42 Å². The van der Waals surface area contributed by atoms with E-state index >= 15 is 0 Å². The van der Waals surface area contributed by atoms with Crippen molar-refractivity contribution in [3.05, 3.63) is 6.42 Å². The van der Waals surface area contributed by atoms with Crippen LogP contribution >= 0.6 is 0 Å². The molecule has 0 heterocycles. The van der Waals surface area contributed by atoms with Gasteiger partial charge < -0.3 is 9.53 Å². The van der Waals surface area contributed by atoms with Crippen LogP contribution in [-0.4, -0.2) is 25.7 Å². The highest BCUT2D eigenvalue weighted by molar-refractivity contribution is 5.63. The van der Waals surface area contributed by atoms with Crippen molar-refractivity contribution in [1.82, 2.24) is 0 Å². The summed E-state index contributed by atoms with van der Waals surface area (Å²) in [4.78, 5) is 9.74. The molecule has 0 aromatic heterocycles. The van der Waals surface area contributed by atoms with Crippen LogP contribution in [0.15, 0.2) is 0 Å². The van der Waals surface area contributed by atoms with Gasteiger partial charge in [-0.2, -0.15) is 0 Å². The minimum absolute atomic E-state index is 0.0776. The Morgan fingerprint density at radius 3 is 2.67 bits per heavy atom. The van der Waals surface area contributed by atoms with E-state index in [1.807, 2.05) is 0 Å². The van der Waals surface area contributed by atoms with Crippen molar-refractivity contribution >= 4 is 6.29 Å². The molecule has 1 radical (unpaired) electrons. The van der Waals surface area contributed by atoms with Crippen molar-refractivity contribution in [2.75, 3.05) is 13.7 Å². The molecule has 9 heavy (non-hydrogen) atoms. The predicted molar refractivity (Wildman–Crippen MR) is 31.8 cm³/mol. The lowest BCUT2D eigenvalue weighted by molar-refractivity contribution is -0.106. The summed E-state index contributed by atoms with van der Waals surface area (Å²) in [6.45, 7) is 1.20. The van der Waals surface area contributed by atoms with Gasteiger partial charge in [-0.05, 0) is 6.92 Å². The number of hydrogen-bond donors (Lipinski definition) is 0. The van der Waals surface area contributed by atoms with Crippen LogP contribution in [-0.2, 0) is 9.53 Å². The average Bonchev–Trinajstić information content (AvgIpc) is 1.64. The van der Waals surface area contributed by atoms with Crippen molar-refractivity contribution in [2.45, 2.75) is 12.6 Å². The fourth-order valence-corrected chi connectivity index (χ4v) is 0.472. The molecule has 1 unspecified atom stereocenters. The highest BCUT2D eigenvalue weighted by Crippen LogP contribution is 2.11. The van der Waals surface area contributed by atoms with Crippen LogP contribution in [0.2, 0.25) is 0 Å². The van der Waals surface area contributed by atoms with E-state index in [4.69, 9.17) is 0 Å². The highest BCUT2D eigenvalue weighted by atomic mass is 19.1. The number of ether oxygens (including phenoxy) is 1. The van der Waals surface area contributed by atoms with Gasteiger partial charge in [0.1, 0.15) is 12.0 Å². The van der Waals surface area contributed by atoms with Gasteiger partial charge in [-0.25, -0.2) is 4.39 Å². The van der Waals surface area contributed by atoms with Gasteiger partial charge >= 0.3 is 0 Å². The molecule has 0 amide bonds. The number of carbonyl (C=O) groups is 1. The van der Waals surface area contributed by atoms with Crippen LogP contribution in [0.5, 0.6) is 0 Å². The largest absolute Gasteiger partial charge is 0.381 e. The molecule has 1 atom stereocenters. The molecule has 0 aliphatic carbocycles. The molecule has 0 saturated heterocycles. The van der Waals surface area contributed by atoms with Gasteiger partial charge in [0.15, 0.2) is 0 Å². The van der Waals surface area contributed by atoms with Gasteiger partial charge in [-0.3, -0.25) is 0 Å². The molecule has 3 heteroatoms. The quantitative estimate of drug-likeness (QED) is 0.529. The second kappa shape index (κ2) is 3.56. The van der Waals surface area contributed by atoms with Crippen LogP contribution < -0.4 is 0 Å². The molecule has 0 bridgehead atoms. The van der Waals surface area contributed by atoms with Crippen LogP contribution in [0, 0.1) is 6.42 Å². The summed E-state index contributed by atoms with van der Waals surface area (Å²) in [6, 6.07) is 0. The monoisotopic (exact) mass is 133 g/mol. The van der Waals surface area contributed by atoms with E-state index in [1.165, 1.54) is 14.0 Å². The Morgan fingerprint density at radius 2 is 2.33 bits per heavy atom. The molecular formula is C6H10FO2. The maximum atomic E-state index is 12.7. The molecular weight excluding hydrogens is 123 g/mol. The maximum Gasteiger partial charge on any atom is 0.141 e. The number of rotatable bonds is 4.